The van der Waals surface area contributed by atoms with Gasteiger partial charge in [0.1, 0.15) is 5.82 Å². The van der Waals surface area contributed by atoms with Crippen LogP contribution in [-0.2, 0) is 13.0 Å². The van der Waals surface area contributed by atoms with Crippen molar-refractivity contribution in [1.29, 1.82) is 0 Å². The monoisotopic (exact) mass is 263 g/mol. The van der Waals surface area contributed by atoms with Gasteiger partial charge in [-0.15, -0.1) is 0 Å². The molecule has 1 N–H and O–H groups in total. The number of nitrogens with zero attached hydrogens (tertiary/aromatic N) is 2. The molecule has 1 saturated carbocycles. The van der Waals surface area contributed by atoms with Gasteiger partial charge in [0.2, 0.25) is 0 Å². The molecule has 1 aromatic rings. The fraction of sp³-hybridized carbons (Fsp3) is 0.812. The summed E-state index contributed by atoms with van der Waals surface area (Å²) in [6, 6.07) is 0.614. The van der Waals surface area contributed by atoms with Crippen LogP contribution < -0.4 is 5.32 Å². The van der Waals surface area contributed by atoms with E-state index in [9.17, 15) is 0 Å². The first-order chi connectivity index (χ1) is 9.35. The summed E-state index contributed by atoms with van der Waals surface area (Å²) in [6.45, 7) is 6.61. The van der Waals surface area contributed by atoms with Crippen LogP contribution in [-0.4, -0.2) is 22.1 Å². The molecule has 0 saturated heterocycles. The maximum Gasteiger partial charge on any atom is 0.110 e. The highest BCUT2D eigenvalue weighted by atomic mass is 15.1. The molecule has 1 fully saturated rings. The second kappa shape index (κ2) is 7.68. The molecule has 1 aromatic heterocycles. The first kappa shape index (κ1) is 14.6. The van der Waals surface area contributed by atoms with E-state index in [-0.39, 0.29) is 0 Å². The van der Waals surface area contributed by atoms with Crippen LogP contribution in [0.4, 0.5) is 0 Å². The maximum atomic E-state index is 4.57. The fourth-order valence-electron chi connectivity index (χ4n) is 3.38. The van der Waals surface area contributed by atoms with Gasteiger partial charge >= 0.3 is 0 Å². The number of aryl methyl sites for hydroxylation is 1. The van der Waals surface area contributed by atoms with Crippen molar-refractivity contribution < 1.29 is 0 Å². The Morgan fingerprint density at radius 1 is 1.32 bits per heavy atom. The van der Waals surface area contributed by atoms with Gasteiger partial charge in [-0.1, -0.05) is 33.1 Å². The van der Waals surface area contributed by atoms with Crippen molar-refractivity contribution in [3.63, 3.8) is 0 Å². The van der Waals surface area contributed by atoms with E-state index in [2.05, 4.69) is 34.9 Å². The van der Waals surface area contributed by atoms with Crippen LogP contribution in [0.1, 0.15) is 58.2 Å². The van der Waals surface area contributed by atoms with Crippen LogP contribution in [0.3, 0.4) is 0 Å². The maximum absolute atomic E-state index is 4.57. The van der Waals surface area contributed by atoms with Crippen molar-refractivity contribution in [2.75, 3.05) is 6.54 Å². The Morgan fingerprint density at radius 2 is 2.11 bits per heavy atom. The highest BCUT2D eigenvalue weighted by Crippen LogP contribution is 2.27. The van der Waals surface area contributed by atoms with E-state index in [1.807, 2.05) is 6.20 Å². The molecule has 0 aliphatic heterocycles. The Morgan fingerprint density at radius 3 is 2.79 bits per heavy atom. The van der Waals surface area contributed by atoms with Crippen molar-refractivity contribution in [2.45, 2.75) is 71.4 Å². The van der Waals surface area contributed by atoms with Gasteiger partial charge in [0.05, 0.1) is 0 Å². The van der Waals surface area contributed by atoms with Crippen LogP contribution in [0, 0.1) is 5.92 Å². The van der Waals surface area contributed by atoms with Gasteiger partial charge < -0.3 is 9.88 Å². The van der Waals surface area contributed by atoms with E-state index in [1.54, 1.807) is 0 Å². The Labute approximate surface area is 117 Å². The van der Waals surface area contributed by atoms with Crippen molar-refractivity contribution in [2.24, 2.45) is 5.92 Å². The van der Waals surface area contributed by atoms with E-state index in [4.69, 9.17) is 0 Å². The molecule has 0 amide bonds. The molecule has 19 heavy (non-hydrogen) atoms. The molecule has 108 valence electrons. The molecule has 0 bridgehead atoms. The van der Waals surface area contributed by atoms with Crippen LogP contribution >= 0.6 is 0 Å². The molecule has 1 heterocycles. The normalized spacial score (nSPS) is 18.6. The SMILES string of the molecule is CCCn1ccnc1CC(NCC)C1CCCCC1. The Hall–Kier alpha value is -0.830. The first-order valence-electron chi connectivity index (χ1n) is 8.08. The summed E-state index contributed by atoms with van der Waals surface area (Å²) in [4.78, 5) is 4.57. The van der Waals surface area contributed by atoms with Gasteiger partial charge in [-0.2, -0.15) is 0 Å². The molecule has 1 aliphatic rings. The van der Waals surface area contributed by atoms with Crippen molar-refractivity contribution in [1.82, 2.24) is 14.9 Å². The molecule has 3 heteroatoms. The standard InChI is InChI=1S/C16H29N3/c1-3-11-19-12-10-18-16(19)13-15(17-4-2)14-8-6-5-7-9-14/h10,12,14-15,17H,3-9,11,13H2,1-2H3. The van der Waals surface area contributed by atoms with Crippen LogP contribution in [0.5, 0.6) is 0 Å². The summed E-state index contributed by atoms with van der Waals surface area (Å²) in [5.41, 5.74) is 0. The molecular weight excluding hydrogens is 234 g/mol. The quantitative estimate of drug-likeness (QED) is 0.817. The Balaban J connectivity index is 2.00. The zero-order valence-electron chi connectivity index (χ0n) is 12.6. The lowest BCUT2D eigenvalue weighted by molar-refractivity contribution is 0.265. The number of likely N-dealkylation sites (N-methyl/N-ethyl adjacent to an activating group) is 1. The Kier molecular flexibility index (Phi) is 5.90. The third kappa shape index (κ3) is 4.07. The van der Waals surface area contributed by atoms with Gasteiger partial charge in [0.25, 0.3) is 0 Å². The van der Waals surface area contributed by atoms with E-state index < -0.39 is 0 Å². The van der Waals surface area contributed by atoms with Crippen LogP contribution in [0.25, 0.3) is 0 Å². The zero-order valence-corrected chi connectivity index (χ0v) is 12.6. The predicted octanol–water partition coefficient (Wildman–Crippen LogP) is 3.39. The average Bonchev–Trinajstić information content (AvgIpc) is 2.87. The second-order valence-corrected chi connectivity index (χ2v) is 5.80. The van der Waals surface area contributed by atoms with Crippen molar-refractivity contribution >= 4 is 0 Å². The third-order valence-electron chi connectivity index (χ3n) is 4.35. The Bertz CT molecular complexity index is 353. The summed E-state index contributed by atoms with van der Waals surface area (Å²) >= 11 is 0. The number of nitrogens with one attached hydrogen (secondary N) is 1. The van der Waals surface area contributed by atoms with Crippen molar-refractivity contribution in [3.05, 3.63) is 18.2 Å². The highest BCUT2D eigenvalue weighted by molar-refractivity contribution is 4.97. The summed E-state index contributed by atoms with van der Waals surface area (Å²) in [5, 5.41) is 3.71. The minimum atomic E-state index is 0.614. The zero-order chi connectivity index (χ0) is 13.5. The first-order valence-corrected chi connectivity index (χ1v) is 8.08. The van der Waals surface area contributed by atoms with Gasteiger partial charge in [-0.05, 0) is 31.7 Å². The van der Waals surface area contributed by atoms with Crippen LogP contribution in [0.15, 0.2) is 12.4 Å². The van der Waals surface area contributed by atoms with Gasteiger partial charge in [0, 0.05) is 31.4 Å². The average molecular weight is 263 g/mol. The minimum absolute atomic E-state index is 0.614. The topological polar surface area (TPSA) is 29.9 Å². The summed E-state index contributed by atoms with van der Waals surface area (Å²) in [6.07, 6.45) is 13.4. The van der Waals surface area contributed by atoms with Gasteiger partial charge in [0.15, 0.2) is 0 Å². The summed E-state index contributed by atoms with van der Waals surface area (Å²) in [5.74, 6) is 2.11. The summed E-state index contributed by atoms with van der Waals surface area (Å²) in [7, 11) is 0. The lowest BCUT2D eigenvalue weighted by Gasteiger charge is -2.31. The molecule has 1 atom stereocenters. The minimum Gasteiger partial charge on any atom is -0.335 e. The van der Waals surface area contributed by atoms with Crippen LogP contribution in [0.2, 0.25) is 0 Å². The number of rotatable bonds is 7. The molecule has 3 nitrogen and oxygen atoms in total. The lowest BCUT2D eigenvalue weighted by atomic mass is 9.82. The summed E-state index contributed by atoms with van der Waals surface area (Å²) < 4.78 is 2.33. The van der Waals surface area contributed by atoms with Gasteiger partial charge in [-0.3, -0.25) is 0 Å². The molecule has 0 spiro atoms. The second-order valence-electron chi connectivity index (χ2n) is 5.80. The molecule has 2 rings (SSSR count). The van der Waals surface area contributed by atoms with E-state index in [0.717, 1.165) is 25.4 Å². The number of hydrogen-bond acceptors (Lipinski definition) is 2. The largest absolute Gasteiger partial charge is 0.335 e. The van der Waals surface area contributed by atoms with Gasteiger partial charge in [-0.25, -0.2) is 4.98 Å². The third-order valence-corrected chi connectivity index (χ3v) is 4.35. The number of hydrogen-bond donors (Lipinski definition) is 1. The van der Waals surface area contributed by atoms with E-state index in [0.29, 0.717) is 6.04 Å². The van der Waals surface area contributed by atoms with E-state index in [1.165, 1.54) is 44.3 Å². The van der Waals surface area contributed by atoms with E-state index >= 15 is 0 Å². The molecular formula is C16H29N3. The fourth-order valence-corrected chi connectivity index (χ4v) is 3.38. The number of imidazole rings is 1. The lowest BCUT2D eigenvalue weighted by Crippen LogP contribution is -2.39. The number of aromatic nitrogens is 2. The molecule has 1 aliphatic carbocycles. The molecule has 1 unspecified atom stereocenters. The predicted molar refractivity (Wildman–Crippen MR) is 80.3 cm³/mol. The highest BCUT2D eigenvalue weighted by Gasteiger charge is 2.24. The smallest absolute Gasteiger partial charge is 0.110 e. The molecule has 0 radical (unpaired) electrons. The molecule has 0 aromatic carbocycles. The van der Waals surface area contributed by atoms with Crippen molar-refractivity contribution in [3.8, 4) is 0 Å².